The zero-order chi connectivity index (χ0) is 15.1. The van der Waals surface area contributed by atoms with Crippen LogP contribution in [-0.4, -0.2) is 34.6 Å². The van der Waals surface area contributed by atoms with Crippen LogP contribution in [0, 0.1) is 11.8 Å². The van der Waals surface area contributed by atoms with E-state index in [9.17, 15) is 4.79 Å². The third-order valence-corrected chi connectivity index (χ3v) is 2.98. The summed E-state index contributed by atoms with van der Waals surface area (Å²) in [7, 11) is 1.75. The molecule has 1 aromatic heterocycles. The average molecular weight is 280 g/mol. The molecule has 4 nitrogen and oxygen atoms in total. The Balaban J connectivity index is 2.20. The predicted octanol–water partition coefficient (Wildman–Crippen LogP) is 1.70. The highest BCUT2D eigenvalue weighted by Crippen LogP contribution is 2.12. The van der Waals surface area contributed by atoms with Crippen LogP contribution in [0.3, 0.4) is 0 Å². The molecule has 0 saturated heterocycles. The summed E-state index contributed by atoms with van der Waals surface area (Å²) in [6, 6.07) is 10.9. The zero-order valence-corrected chi connectivity index (χ0v) is 11.8. The van der Waals surface area contributed by atoms with Crippen molar-refractivity contribution < 1.29 is 9.90 Å². The summed E-state index contributed by atoms with van der Waals surface area (Å²) in [5.41, 5.74) is 2.17. The highest BCUT2D eigenvalue weighted by atomic mass is 16.2. The second-order valence-electron chi connectivity index (χ2n) is 4.52. The number of aromatic nitrogens is 1. The maximum absolute atomic E-state index is 12.5. The van der Waals surface area contributed by atoms with Crippen LogP contribution in [-0.2, 0) is 6.54 Å². The molecule has 0 atom stereocenters. The van der Waals surface area contributed by atoms with Crippen LogP contribution in [0.5, 0.6) is 0 Å². The van der Waals surface area contributed by atoms with Crippen LogP contribution in [0.15, 0.2) is 48.8 Å². The summed E-state index contributed by atoms with van der Waals surface area (Å²) in [6.45, 7) is 0.276. The van der Waals surface area contributed by atoms with E-state index in [0.29, 0.717) is 17.7 Å². The van der Waals surface area contributed by atoms with Crippen molar-refractivity contribution in [1.82, 2.24) is 9.88 Å². The first kappa shape index (κ1) is 14.8. The molecule has 1 heterocycles. The molecule has 1 N–H and O–H groups in total. The molecule has 0 radical (unpaired) electrons. The van der Waals surface area contributed by atoms with Gasteiger partial charge in [0.1, 0.15) is 6.61 Å². The smallest absolute Gasteiger partial charge is 0.255 e. The highest BCUT2D eigenvalue weighted by molar-refractivity contribution is 5.96. The summed E-state index contributed by atoms with van der Waals surface area (Å²) < 4.78 is 0. The lowest BCUT2D eigenvalue weighted by Gasteiger charge is -2.18. The SMILES string of the molecule is CN(Cc1ccncc1)C(=O)c1ccccc1C#CCO. The van der Waals surface area contributed by atoms with Gasteiger partial charge in [-0.1, -0.05) is 24.0 Å². The van der Waals surface area contributed by atoms with E-state index in [2.05, 4.69) is 16.8 Å². The van der Waals surface area contributed by atoms with Gasteiger partial charge in [0.15, 0.2) is 0 Å². The number of carbonyl (C=O) groups excluding carboxylic acids is 1. The van der Waals surface area contributed by atoms with Gasteiger partial charge in [0.25, 0.3) is 5.91 Å². The summed E-state index contributed by atoms with van der Waals surface area (Å²) in [4.78, 5) is 18.1. The van der Waals surface area contributed by atoms with Crippen molar-refractivity contribution in [2.24, 2.45) is 0 Å². The van der Waals surface area contributed by atoms with Crippen LogP contribution in [0.25, 0.3) is 0 Å². The van der Waals surface area contributed by atoms with Gasteiger partial charge in [-0.2, -0.15) is 0 Å². The molecule has 1 aromatic carbocycles. The molecule has 21 heavy (non-hydrogen) atoms. The van der Waals surface area contributed by atoms with Gasteiger partial charge in [-0.05, 0) is 29.8 Å². The summed E-state index contributed by atoms with van der Waals surface area (Å²) in [5, 5.41) is 8.79. The van der Waals surface area contributed by atoms with Gasteiger partial charge < -0.3 is 10.0 Å². The predicted molar refractivity (Wildman–Crippen MR) is 80.4 cm³/mol. The number of rotatable bonds is 3. The molecule has 0 spiro atoms. The zero-order valence-electron chi connectivity index (χ0n) is 11.8. The van der Waals surface area contributed by atoms with Gasteiger partial charge in [0.05, 0.1) is 5.56 Å². The lowest BCUT2D eigenvalue weighted by Crippen LogP contribution is -2.26. The minimum absolute atomic E-state index is 0.102. The molecule has 4 heteroatoms. The van der Waals surface area contributed by atoms with Crippen LogP contribution in [0.4, 0.5) is 0 Å². The van der Waals surface area contributed by atoms with Crippen molar-refractivity contribution in [3.8, 4) is 11.8 Å². The average Bonchev–Trinajstić information content (AvgIpc) is 2.53. The van der Waals surface area contributed by atoms with E-state index in [0.717, 1.165) is 5.56 Å². The Bertz CT molecular complexity index is 672. The third kappa shape index (κ3) is 3.91. The Hall–Kier alpha value is -2.64. The van der Waals surface area contributed by atoms with E-state index >= 15 is 0 Å². The molecule has 106 valence electrons. The van der Waals surface area contributed by atoms with Gasteiger partial charge in [-0.3, -0.25) is 9.78 Å². The molecular weight excluding hydrogens is 264 g/mol. The van der Waals surface area contributed by atoms with E-state index in [1.807, 2.05) is 18.2 Å². The van der Waals surface area contributed by atoms with E-state index < -0.39 is 0 Å². The third-order valence-electron chi connectivity index (χ3n) is 2.98. The molecule has 0 saturated carbocycles. The summed E-state index contributed by atoms with van der Waals surface area (Å²) >= 11 is 0. The summed E-state index contributed by atoms with van der Waals surface area (Å²) in [6.07, 6.45) is 3.41. The minimum Gasteiger partial charge on any atom is -0.384 e. The van der Waals surface area contributed by atoms with Gasteiger partial charge in [0, 0.05) is 31.5 Å². The number of hydrogen-bond acceptors (Lipinski definition) is 3. The maximum atomic E-state index is 12.5. The number of pyridine rings is 1. The van der Waals surface area contributed by atoms with Crippen molar-refractivity contribution in [2.45, 2.75) is 6.54 Å². The van der Waals surface area contributed by atoms with E-state index in [1.54, 1.807) is 42.5 Å². The number of aliphatic hydroxyl groups excluding tert-OH is 1. The second-order valence-corrected chi connectivity index (χ2v) is 4.52. The lowest BCUT2D eigenvalue weighted by molar-refractivity contribution is 0.0785. The van der Waals surface area contributed by atoms with Crippen molar-refractivity contribution in [2.75, 3.05) is 13.7 Å². The topological polar surface area (TPSA) is 53.4 Å². The maximum Gasteiger partial charge on any atom is 0.255 e. The number of aliphatic hydroxyl groups is 1. The van der Waals surface area contributed by atoms with Gasteiger partial charge in [-0.25, -0.2) is 0 Å². The second kappa shape index (κ2) is 7.22. The van der Waals surface area contributed by atoms with E-state index in [-0.39, 0.29) is 12.5 Å². The van der Waals surface area contributed by atoms with Gasteiger partial charge in [-0.15, -0.1) is 0 Å². The van der Waals surface area contributed by atoms with Crippen LogP contribution in [0.1, 0.15) is 21.5 Å². The molecule has 0 bridgehead atoms. The Kier molecular flexibility index (Phi) is 5.08. The molecule has 2 aromatic rings. The number of carbonyl (C=O) groups is 1. The molecule has 2 rings (SSSR count). The molecule has 0 aliphatic rings. The Morgan fingerprint density at radius 2 is 1.95 bits per heavy atom. The highest BCUT2D eigenvalue weighted by Gasteiger charge is 2.14. The van der Waals surface area contributed by atoms with Crippen LogP contribution < -0.4 is 0 Å². The Labute approximate surface area is 124 Å². The first-order chi connectivity index (χ1) is 10.2. The lowest BCUT2D eigenvalue weighted by atomic mass is 10.1. The fourth-order valence-corrected chi connectivity index (χ4v) is 1.95. The van der Waals surface area contributed by atoms with Crippen molar-refractivity contribution in [3.63, 3.8) is 0 Å². The van der Waals surface area contributed by atoms with Crippen molar-refractivity contribution >= 4 is 5.91 Å². The molecular formula is C17H16N2O2. The van der Waals surface area contributed by atoms with Gasteiger partial charge in [0.2, 0.25) is 0 Å². The number of benzene rings is 1. The standard InChI is InChI=1S/C17H16N2O2/c1-19(13-14-8-10-18-11-9-14)17(21)16-7-3-2-5-15(16)6-4-12-20/h2-3,5,7-11,20H,12-13H2,1H3. The van der Waals surface area contributed by atoms with Crippen LogP contribution >= 0.6 is 0 Å². The Morgan fingerprint density at radius 3 is 2.67 bits per heavy atom. The molecule has 0 aliphatic heterocycles. The van der Waals surface area contributed by atoms with Crippen LogP contribution in [0.2, 0.25) is 0 Å². The number of amides is 1. The molecule has 0 aliphatic carbocycles. The molecule has 1 amide bonds. The Morgan fingerprint density at radius 1 is 1.24 bits per heavy atom. The van der Waals surface area contributed by atoms with E-state index in [1.165, 1.54) is 0 Å². The fraction of sp³-hybridized carbons (Fsp3) is 0.176. The monoisotopic (exact) mass is 280 g/mol. The normalized spacial score (nSPS) is 9.62. The first-order valence-corrected chi connectivity index (χ1v) is 6.55. The largest absolute Gasteiger partial charge is 0.384 e. The minimum atomic E-state index is -0.227. The summed E-state index contributed by atoms with van der Waals surface area (Å²) in [5.74, 6) is 5.28. The molecule has 0 fully saturated rings. The van der Waals surface area contributed by atoms with Crippen molar-refractivity contribution in [3.05, 3.63) is 65.5 Å². The van der Waals surface area contributed by atoms with Gasteiger partial charge >= 0.3 is 0 Å². The quantitative estimate of drug-likeness (QED) is 0.871. The molecule has 0 unspecified atom stereocenters. The van der Waals surface area contributed by atoms with Crippen molar-refractivity contribution in [1.29, 1.82) is 0 Å². The van der Waals surface area contributed by atoms with E-state index in [4.69, 9.17) is 5.11 Å². The first-order valence-electron chi connectivity index (χ1n) is 6.55. The fourth-order valence-electron chi connectivity index (χ4n) is 1.95. The number of nitrogens with zero attached hydrogens (tertiary/aromatic N) is 2. The number of hydrogen-bond donors (Lipinski definition) is 1.